The Balaban J connectivity index is 1.55. The van der Waals surface area contributed by atoms with Gasteiger partial charge in [0, 0.05) is 30.8 Å². The van der Waals surface area contributed by atoms with Crippen LogP contribution in [0.5, 0.6) is 17.2 Å². The van der Waals surface area contributed by atoms with Crippen molar-refractivity contribution in [1.29, 1.82) is 0 Å². The molecule has 4 aromatic rings. The number of ether oxygens (including phenoxy) is 3. The van der Waals surface area contributed by atoms with Crippen LogP contribution in [0.4, 0.5) is 5.69 Å². The first-order chi connectivity index (χ1) is 22.7. The van der Waals surface area contributed by atoms with Gasteiger partial charge < -0.3 is 19.1 Å². The van der Waals surface area contributed by atoms with E-state index in [4.69, 9.17) is 19.2 Å². The fourth-order valence-electron chi connectivity index (χ4n) is 5.49. The van der Waals surface area contributed by atoms with Crippen LogP contribution in [0.25, 0.3) is 6.08 Å². The fourth-order valence-corrected chi connectivity index (χ4v) is 6.54. The van der Waals surface area contributed by atoms with Gasteiger partial charge in [0.1, 0.15) is 18.4 Å². The predicted molar refractivity (Wildman–Crippen MR) is 180 cm³/mol. The number of nitrogens with zero attached hydrogens (tertiary/aromatic N) is 4. The van der Waals surface area contributed by atoms with Gasteiger partial charge in [-0.25, -0.2) is 4.99 Å². The molecule has 0 aliphatic carbocycles. The number of allylic oxidation sites excluding steroid dienone is 1. The highest BCUT2D eigenvalue weighted by Gasteiger charge is 2.35. The molecule has 1 aliphatic heterocycles. The Bertz CT molecular complexity index is 2010. The number of aromatic nitrogens is 1. The quantitative estimate of drug-likeness (QED) is 0.155. The number of hydrogen-bond donors (Lipinski definition) is 0. The van der Waals surface area contributed by atoms with E-state index >= 15 is 0 Å². The Morgan fingerprint density at radius 3 is 2.40 bits per heavy atom. The van der Waals surface area contributed by atoms with Gasteiger partial charge in [-0.1, -0.05) is 35.6 Å². The minimum atomic E-state index is -0.730. The second-order valence-electron chi connectivity index (χ2n) is 10.7. The van der Waals surface area contributed by atoms with E-state index in [1.165, 1.54) is 23.5 Å². The van der Waals surface area contributed by atoms with Crippen LogP contribution in [-0.2, 0) is 11.4 Å². The average molecular weight is 657 g/mol. The van der Waals surface area contributed by atoms with E-state index in [-0.39, 0.29) is 23.8 Å². The molecule has 1 amide bonds. The zero-order chi connectivity index (χ0) is 33.7. The third-order valence-electron chi connectivity index (χ3n) is 7.84. The standard InChI is InChI=1S/C35H36N4O7S/c1-6-37(7-2)34(41)31-22(4)36-35-38(32(31)26-11-9-10-12-27(26)44-5)33(40)30(47-35)20-24-15-18-28(29(19-24)45-8-3)46-21-23-13-16-25(17-14-23)39(42)43/h9-20,32H,6-8,21H2,1-5H3/b30-20+/t32-/m1/s1. The number of nitro benzene ring substituents is 1. The third kappa shape index (κ3) is 6.82. The lowest BCUT2D eigenvalue weighted by Crippen LogP contribution is -2.43. The van der Waals surface area contributed by atoms with Gasteiger partial charge >= 0.3 is 0 Å². The Morgan fingerprint density at radius 1 is 1.02 bits per heavy atom. The summed E-state index contributed by atoms with van der Waals surface area (Å²) < 4.78 is 19.6. The molecule has 2 heterocycles. The molecule has 1 aromatic heterocycles. The van der Waals surface area contributed by atoms with Crippen molar-refractivity contribution in [2.75, 3.05) is 26.8 Å². The maximum atomic E-state index is 14.2. The minimum Gasteiger partial charge on any atom is -0.496 e. The number of likely N-dealkylation sites (N-methyl/N-ethyl adjacent to an activating group) is 1. The van der Waals surface area contributed by atoms with Crippen molar-refractivity contribution in [2.45, 2.75) is 40.3 Å². The number of benzene rings is 3. The van der Waals surface area contributed by atoms with E-state index in [9.17, 15) is 19.7 Å². The molecule has 0 spiro atoms. The van der Waals surface area contributed by atoms with E-state index in [0.717, 1.165) is 5.56 Å². The van der Waals surface area contributed by atoms with Crippen LogP contribution in [0.3, 0.4) is 0 Å². The number of methoxy groups -OCH3 is 1. The van der Waals surface area contributed by atoms with E-state index in [1.807, 2.05) is 51.1 Å². The van der Waals surface area contributed by atoms with Crippen LogP contribution in [0.15, 0.2) is 87.8 Å². The van der Waals surface area contributed by atoms with Gasteiger partial charge in [-0.05, 0) is 75.2 Å². The van der Waals surface area contributed by atoms with Crippen LogP contribution < -0.4 is 29.1 Å². The Kier molecular flexibility index (Phi) is 10.2. The van der Waals surface area contributed by atoms with Gasteiger partial charge in [-0.3, -0.25) is 24.3 Å². The lowest BCUT2D eigenvalue weighted by Gasteiger charge is -2.29. The second kappa shape index (κ2) is 14.5. The number of nitro groups is 1. The number of thiazole rings is 1. The molecule has 47 heavy (non-hydrogen) atoms. The second-order valence-corrected chi connectivity index (χ2v) is 11.7. The summed E-state index contributed by atoms with van der Waals surface area (Å²) in [5.41, 5.74) is 2.89. The summed E-state index contributed by atoms with van der Waals surface area (Å²) in [7, 11) is 1.57. The van der Waals surface area contributed by atoms with Crippen molar-refractivity contribution in [2.24, 2.45) is 4.99 Å². The van der Waals surface area contributed by atoms with Crippen LogP contribution in [0.1, 0.15) is 50.4 Å². The Labute approximate surface area is 275 Å². The van der Waals surface area contributed by atoms with E-state index in [0.29, 0.717) is 68.7 Å². The number of hydrogen-bond acceptors (Lipinski definition) is 9. The van der Waals surface area contributed by atoms with Gasteiger partial charge in [-0.2, -0.15) is 0 Å². The maximum absolute atomic E-state index is 14.2. The topological polar surface area (TPSA) is 126 Å². The zero-order valence-electron chi connectivity index (χ0n) is 26.9. The molecule has 12 heteroatoms. The van der Waals surface area contributed by atoms with Crippen molar-refractivity contribution < 1.29 is 23.9 Å². The molecule has 5 rings (SSSR count). The number of fused-ring (bicyclic) bond motifs is 1. The predicted octanol–water partition coefficient (Wildman–Crippen LogP) is 5.00. The number of amides is 1. The Hall–Kier alpha value is -5.23. The van der Waals surface area contributed by atoms with Gasteiger partial charge in [0.25, 0.3) is 17.2 Å². The first kappa shape index (κ1) is 33.1. The number of rotatable bonds is 12. The first-order valence-electron chi connectivity index (χ1n) is 15.3. The van der Waals surface area contributed by atoms with Crippen LogP contribution in [0, 0.1) is 10.1 Å². The first-order valence-corrected chi connectivity index (χ1v) is 16.1. The normalized spacial score (nSPS) is 14.3. The highest BCUT2D eigenvalue weighted by Crippen LogP contribution is 2.36. The number of non-ortho nitro benzene ring substituents is 1. The third-order valence-corrected chi connectivity index (χ3v) is 8.83. The van der Waals surface area contributed by atoms with E-state index in [1.54, 1.807) is 53.8 Å². The molecule has 3 aromatic carbocycles. The molecule has 0 saturated carbocycles. The smallest absolute Gasteiger partial charge is 0.271 e. The lowest BCUT2D eigenvalue weighted by atomic mass is 9.94. The van der Waals surface area contributed by atoms with Gasteiger partial charge in [0.2, 0.25) is 0 Å². The lowest BCUT2D eigenvalue weighted by molar-refractivity contribution is -0.384. The number of carbonyl (C=O) groups excluding carboxylic acids is 1. The molecule has 0 bridgehead atoms. The monoisotopic (exact) mass is 656 g/mol. The van der Waals surface area contributed by atoms with Gasteiger partial charge in [-0.15, -0.1) is 0 Å². The van der Waals surface area contributed by atoms with Gasteiger partial charge in [0.15, 0.2) is 16.3 Å². The van der Waals surface area contributed by atoms with Crippen LogP contribution in [0.2, 0.25) is 0 Å². The zero-order valence-corrected chi connectivity index (χ0v) is 27.7. The molecular weight excluding hydrogens is 620 g/mol. The summed E-state index contributed by atoms with van der Waals surface area (Å²) in [6, 6.07) is 18.2. The highest BCUT2D eigenvalue weighted by atomic mass is 32.1. The molecule has 11 nitrogen and oxygen atoms in total. The fraction of sp³-hybridized carbons (Fsp3) is 0.286. The number of carbonyl (C=O) groups is 1. The molecule has 244 valence electrons. The molecule has 0 N–H and O–H groups in total. The molecular formula is C35H36N4O7S. The van der Waals surface area contributed by atoms with Crippen molar-refractivity contribution in [3.63, 3.8) is 0 Å². The highest BCUT2D eigenvalue weighted by molar-refractivity contribution is 7.07. The molecule has 1 aliphatic rings. The largest absolute Gasteiger partial charge is 0.496 e. The SMILES string of the molecule is CCOc1cc(/C=c2/sc3n(c2=O)[C@H](c2ccccc2OC)C(C(=O)N(CC)CC)=C(C)N=3)ccc1OCc1ccc([N+](=O)[O-])cc1. The summed E-state index contributed by atoms with van der Waals surface area (Å²) in [5.74, 6) is 1.38. The summed E-state index contributed by atoms with van der Waals surface area (Å²) in [6.45, 7) is 9.13. The molecule has 1 atom stereocenters. The van der Waals surface area contributed by atoms with Gasteiger partial charge in [0.05, 0.1) is 34.4 Å². The summed E-state index contributed by atoms with van der Waals surface area (Å²) in [5, 5.41) is 11.0. The molecule has 0 fully saturated rings. The average Bonchev–Trinajstić information content (AvgIpc) is 3.38. The van der Waals surface area contributed by atoms with Crippen LogP contribution in [-0.4, -0.2) is 47.1 Å². The van der Waals surface area contributed by atoms with Crippen molar-refractivity contribution >= 4 is 29.0 Å². The molecule has 0 unspecified atom stereocenters. The van der Waals surface area contributed by atoms with Crippen LogP contribution >= 0.6 is 11.3 Å². The van der Waals surface area contributed by atoms with E-state index in [2.05, 4.69) is 0 Å². The summed E-state index contributed by atoms with van der Waals surface area (Å²) in [4.78, 5) is 45.6. The maximum Gasteiger partial charge on any atom is 0.271 e. The van der Waals surface area contributed by atoms with Crippen molar-refractivity contribution in [3.05, 3.63) is 124 Å². The molecule has 0 radical (unpaired) electrons. The van der Waals surface area contributed by atoms with Crippen molar-refractivity contribution in [3.8, 4) is 17.2 Å². The summed E-state index contributed by atoms with van der Waals surface area (Å²) in [6.07, 6.45) is 1.77. The Morgan fingerprint density at radius 2 is 1.74 bits per heavy atom. The van der Waals surface area contributed by atoms with Crippen molar-refractivity contribution in [1.82, 2.24) is 9.47 Å². The minimum absolute atomic E-state index is 0.00879. The number of para-hydroxylation sites is 1. The summed E-state index contributed by atoms with van der Waals surface area (Å²) >= 11 is 1.25. The molecule has 0 saturated heterocycles. The van der Waals surface area contributed by atoms with E-state index < -0.39 is 11.0 Å².